The lowest BCUT2D eigenvalue weighted by Crippen LogP contribution is -2.42. The van der Waals surface area contributed by atoms with E-state index in [0.717, 1.165) is 35.3 Å². The highest BCUT2D eigenvalue weighted by Crippen LogP contribution is 2.56. The van der Waals surface area contributed by atoms with Gasteiger partial charge in [-0.1, -0.05) is 40.0 Å². The lowest BCUT2D eigenvalue weighted by Gasteiger charge is -2.28. The van der Waals surface area contributed by atoms with Crippen molar-refractivity contribution >= 4 is 75.0 Å². The molecule has 1 aliphatic heterocycles. The van der Waals surface area contributed by atoms with E-state index in [4.69, 9.17) is 44.9 Å². The lowest BCUT2D eigenvalue weighted by molar-refractivity contribution is -0.274. The molecule has 0 bridgehead atoms. The molecule has 0 fully saturated rings. The topological polar surface area (TPSA) is 104 Å². The smallest absolute Gasteiger partial charge is 0.373 e. The molecule has 192 valence electrons. The minimum absolute atomic E-state index is 0.0398. The number of nitriles is 1. The molecule has 2 aromatic heterocycles. The van der Waals surface area contributed by atoms with Gasteiger partial charge < -0.3 is 15.5 Å². The molecule has 2 amide bonds. The average molecular weight is 600 g/mol. The number of oxime groups is 1. The van der Waals surface area contributed by atoms with Crippen LogP contribution in [0.2, 0.25) is 14.4 Å². The molecular formula is C21H16Cl3F3N4O3S2. The van der Waals surface area contributed by atoms with Crippen molar-refractivity contribution in [3.63, 3.8) is 0 Å². The zero-order chi connectivity index (χ0) is 26.3. The van der Waals surface area contributed by atoms with Gasteiger partial charge in [-0.2, -0.15) is 18.4 Å². The highest BCUT2D eigenvalue weighted by Gasteiger charge is 2.64. The Kier molecular flexibility index (Phi) is 7.78. The Labute approximate surface area is 226 Å². The zero-order valence-electron chi connectivity index (χ0n) is 18.2. The number of nitrogens with one attached hydrogen (secondary N) is 2. The van der Waals surface area contributed by atoms with Crippen LogP contribution in [0.15, 0.2) is 5.16 Å². The second-order valence-corrected chi connectivity index (χ2v) is 11.4. The van der Waals surface area contributed by atoms with Crippen molar-refractivity contribution in [1.82, 2.24) is 10.6 Å². The van der Waals surface area contributed by atoms with Gasteiger partial charge in [0.15, 0.2) is 0 Å². The number of carbonyl (C=O) groups excluding carboxylic acids is 2. The second-order valence-electron chi connectivity index (χ2n) is 8.01. The molecule has 36 heavy (non-hydrogen) atoms. The van der Waals surface area contributed by atoms with Gasteiger partial charge in [-0.3, -0.25) is 9.59 Å². The van der Waals surface area contributed by atoms with Crippen molar-refractivity contribution in [2.24, 2.45) is 5.16 Å². The minimum atomic E-state index is -4.90. The first-order valence-corrected chi connectivity index (χ1v) is 13.3. The number of nitrogens with zero attached hydrogens (tertiary/aromatic N) is 2. The normalized spacial score (nSPS) is 19.2. The van der Waals surface area contributed by atoms with Crippen molar-refractivity contribution in [2.45, 2.75) is 43.9 Å². The van der Waals surface area contributed by atoms with Gasteiger partial charge in [-0.25, -0.2) is 0 Å². The molecular weight excluding hydrogens is 584 g/mol. The maximum absolute atomic E-state index is 14.4. The van der Waals surface area contributed by atoms with Crippen molar-refractivity contribution in [2.75, 3.05) is 13.1 Å². The Bertz CT molecular complexity index is 1300. The van der Waals surface area contributed by atoms with Crippen LogP contribution in [0.25, 0.3) is 0 Å². The molecule has 0 aromatic carbocycles. The maximum atomic E-state index is 14.4. The lowest BCUT2D eigenvalue weighted by atomic mass is 9.88. The molecule has 1 atom stereocenters. The summed E-state index contributed by atoms with van der Waals surface area (Å²) in [7, 11) is 0. The number of amides is 2. The summed E-state index contributed by atoms with van der Waals surface area (Å²) in [6, 6.07) is 1.76. The van der Waals surface area contributed by atoms with Crippen molar-refractivity contribution in [3.05, 3.63) is 40.1 Å². The van der Waals surface area contributed by atoms with E-state index in [1.807, 2.05) is 0 Å². The fraction of sp³-hybridized carbons (Fsp3) is 0.429. The van der Waals surface area contributed by atoms with Gasteiger partial charge in [0.05, 0.1) is 43.7 Å². The van der Waals surface area contributed by atoms with Crippen LogP contribution in [0.4, 0.5) is 13.2 Å². The Morgan fingerprint density at radius 3 is 2.42 bits per heavy atom. The number of hydrogen-bond donors (Lipinski definition) is 2. The average Bonchev–Trinajstić information content (AvgIpc) is 3.52. The number of halogens is 6. The van der Waals surface area contributed by atoms with E-state index in [9.17, 15) is 22.8 Å². The molecule has 1 aliphatic carbocycles. The minimum Gasteiger partial charge on any atom is -0.373 e. The predicted molar refractivity (Wildman–Crippen MR) is 131 cm³/mol. The first-order valence-electron chi connectivity index (χ1n) is 10.5. The van der Waals surface area contributed by atoms with E-state index < -0.39 is 34.9 Å². The Morgan fingerprint density at radius 1 is 1.11 bits per heavy atom. The van der Waals surface area contributed by atoms with E-state index in [-0.39, 0.29) is 33.2 Å². The van der Waals surface area contributed by atoms with Gasteiger partial charge in [0.2, 0.25) is 5.91 Å². The summed E-state index contributed by atoms with van der Waals surface area (Å²) >= 11 is 19.6. The molecule has 2 aromatic rings. The monoisotopic (exact) mass is 598 g/mol. The molecule has 3 heterocycles. The number of thiophene rings is 2. The number of fused-ring (bicyclic) bond motifs is 1. The van der Waals surface area contributed by atoms with Crippen LogP contribution in [0.3, 0.4) is 0 Å². The van der Waals surface area contributed by atoms with E-state index in [1.165, 1.54) is 0 Å². The van der Waals surface area contributed by atoms with E-state index in [0.29, 0.717) is 33.9 Å². The third-order valence-corrected chi connectivity index (χ3v) is 9.81. The standard InChI is InChI=1S/C21H16Cl3F3N4O3S2/c22-13-14(23)18(24)36-17(13)20(21(25,26)27)7-11(31-34-20)15-9-3-1-2-4-10(9)16(35-15)19(33)30-8-12(32)29-6-5-28/h1-4,6-8H2,(H,29,32)(H,30,33). The van der Waals surface area contributed by atoms with E-state index >= 15 is 0 Å². The van der Waals surface area contributed by atoms with Crippen LogP contribution in [-0.4, -0.2) is 36.8 Å². The maximum Gasteiger partial charge on any atom is 0.436 e. The van der Waals surface area contributed by atoms with E-state index in [2.05, 4.69) is 15.8 Å². The van der Waals surface area contributed by atoms with Crippen molar-refractivity contribution < 1.29 is 27.6 Å². The van der Waals surface area contributed by atoms with E-state index in [1.54, 1.807) is 6.07 Å². The fourth-order valence-corrected chi connectivity index (χ4v) is 7.38. The molecule has 2 aliphatic rings. The van der Waals surface area contributed by atoms with Crippen LogP contribution < -0.4 is 10.6 Å². The zero-order valence-corrected chi connectivity index (χ0v) is 22.1. The number of carbonyl (C=O) groups is 2. The summed E-state index contributed by atoms with van der Waals surface area (Å²) < 4.78 is 43.1. The molecule has 0 saturated heterocycles. The fourth-order valence-electron chi connectivity index (χ4n) is 4.07. The molecule has 1 unspecified atom stereocenters. The predicted octanol–water partition coefficient (Wildman–Crippen LogP) is 5.60. The van der Waals surface area contributed by atoms with Gasteiger partial charge in [0, 0.05) is 0 Å². The number of hydrogen-bond acceptors (Lipinski definition) is 7. The molecule has 2 N–H and O–H groups in total. The van der Waals surface area contributed by atoms with Crippen LogP contribution >= 0.6 is 57.5 Å². The van der Waals surface area contributed by atoms with Crippen LogP contribution in [-0.2, 0) is 28.1 Å². The Balaban J connectivity index is 1.66. The summed E-state index contributed by atoms with van der Waals surface area (Å²) in [4.78, 5) is 30.1. The summed E-state index contributed by atoms with van der Waals surface area (Å²) in [5, 5.41) is 16.6. The summed E-state index contributed by atoms with van der Waals surface area (Å²) in [5.74, 6) is -1.07. The van der Waals surface area contributed by atoms with Crippen LogP contribution in [0.5, 0.6) is 0 Å². The van der Waals surface area contributed by atoms with Crippen molar-refractivity contribution in [1.29, 1.82) is 5.26 Å². The molecule has 0 spiro atoms. The van der Waals surface area contributed by atoms with Gasteiger partial charge in [0.1, 0.15) is 16.6 Å². The van der Waals surface area contributed by atoms with Crippen LogP contribution in [0, 0.1) is 11.3 Å². The Hall–Kier alpha value is -2.04. The summed E-state index contributed by atoms with van der Waals surface area (Å²) in [6.45, 7) is -0.541. The second kappa shape index (κ2) is 10.4. The first-order chi connectivity index (χ1) is 17.0. The van der Waals surface area contributed by atoms with Crippen LogP contribution in [0.1, 0.15) is 49.8 Å². The van der Waals surface area contributed by atoms with Gasteiger partial charge in [-0.05, 0) is 36.8 Å². The Morgan fingerprint density at radius 2 is 1.81 bits per heavy atom. The van der Waals surface area contributed by atoms with Gasteiger partial charge >= 0.3 is 6.18 Å². The first kappa shape index (κ1) is 27.0. The molecule has 0 radical (unpaired) electrons. The molecule has 0 saturated carbocycles. The summed E-state index contributed by atoms with van der Waals surface area (Å²) in [6.07, 6.45) is -2.83. The number of alkyl halides is 3. The van der Waals surface area contributed by atoms with Gasteiger partial charge in [0.25, 0.3) is 11.5 Å². The largest absolute Gasteiger partial charge is 0.436 e. The highest BCUT2D eigenvalue weighted by atomic mass is 35.5. The van der Waals surface area contributed by atoms with Gasteiger partial charge in [-0.15, -0.1) is 22.7 Å². The van der Waals surface area contributed by atoms with Crippen molar-refractivity contribution in [3.8, 4) is 6.07 Å². The molecule has 7 nitrogen and oxygen atoms in total. The SMILES string of the molecule is N#CCNC(=O)CNC(=O)c1sc(C2=NOC(c3sc(Cl)c(Cl)c3Cl)(C(F)(F)F)C2)c2c1CCCC2. The quantitative estimate of drug-likeness (QED) is 0.422. The summed E-state index contributed by atoms with van der Waals surface area (Å²) in [5.41, 5.74) is -1.35. The third-order valence-electron chi connectivity index (χ3n) is 5.77. The molecule has 4 rings (SSSR count). The highest BCUT2D eigenvalue weighted by molar-refractivity contribution is 7.18. The molecule has 15 heteroatoms. The number of rotatable bonds is 6. The third kappa shape index (κ3) is 4.79.